The highest BCUT2D eigenvalue weighted by Gasteiger charge is 2.25. The lowest BCUT2D eigenvalue weighted by atomic mass is 9.89. The number of carbonyl (C=O) groups excluding carboxylic acids is 1. The van der Waals surface area contributed by atoms with Crippen LogP contribution in [0.25, 0.3) is 10.2 Å². The zero-order valence-corrected chi connectivity index (χ0v) is 16.1. The Kier molecular flexibility index (Phi) is 5.01. The predicted molar refractivity (Wildman–Crippen MR) is 98.1 cm³/mol. The molecule has 130 valence electrons. The van der Waals surface area contributed by atoms with Gasteiger partial charge in [-0.1, -0.05) is 18.7 Å². The van der Waals surface area contributed by atoms with Crippen LogP contribution >= 0.6 is 23.1 Å². The first-order valence-electron chi connectivity index (χ1n) is 8.25. The van der Waals surface area contributed by atoms with Crippen LogP contribution in [0.3, 0.4) is 0 Å². The molecule has 3 rings (SSSR count). The number of rotatable bonds is 4. The van der Waals surface area contributed by atoms with Crippen LogP contribution in [0.5, 0.6) is 0 Å². The van der Waals surface area contributed by atoms with Gasteiger partial charge in [-0.15, -0.1) is 11.3 Å². The second-order valence-electron chi connectivity index (χ2n) is 6.26. The molecular weight excluding hydrogens is 344 g/mol. The Hall–Kier alpha value is -1.34. The number of nitrogens with zero attached hydrogens (tertiary/aromatic N) is 2. The molecule has 0 bridgehead atoms. The minimum atomic E-state index is -0.397. The van der Waals surface area contributed by atoms with E-state index >= 15 is 0 Å². The maximum Gasteiger partial charge on any atom is 0.318 e. The zero-order chi connectivity index (χ0) is 17.4. The van der Waals surface area contributed by atoms with Gasteiger partial charge in [0.2, 0.25) is 0 Å². The van der Waals surface area contributed by atoms with Gasteiger partial charge in [0, 0.05) is 11.4 Å². The highest BCUT2D eigenvalue weighted by atomic mass is 32.2. The van der Waals surface area contributed by atoms with E-state index in [-0.39, 0.29) is 11.5 Å². The Labute approximate surface area is 149 Å². The molecule has 1 aliphatic rings. The molecule has 2 heterocycles. The average Bonchev–Trinajstić information content (AvgIpc) is 2.91. The molecule has 0 radical (unpaired) electrons. The molecule has 0 fully saturated rings. The Morgan fingerprint density at radius 1 is 1.54 bits per heavy atom. The van der Waals surface area contributed by atoms with E-state index in [0.717, 1.165) is 29.5 Å². The van der Waals surface area contributed by atoms with Crippen LogP contribution in [0, 0.1) is 5.92 Å². The molecule has 2 atom stereocenters. The molecule has 0 spiro atoms. The molecular formula is C17H22N2O3S2. The number of methoxy groups -OCH3 is 1. The van der Waals surface area contributed by atoms with Crippen molar-refractivity contribution in [2.24, 2.45) is 5.92 Å². The van der Waals surface area contributed by atoms with E-state index in [0.29, 0.717) is 17.6 Å². The van der Waals surface area contributed by atoms with Crippen LogP contribution in [0.2, 0.25) is 0 Å². The largest absolute Gasteiger partial charge is 0.468 e. The lowest BCUT2D eigenvalue weighted by Gasteiger charge is -2.17. The average molecular weight is 367 g/mol. The van der Waals surface area contributed by atoms with Crippen molar-refractivity contribution in [2.75, 3.05) is 7.11 Å². The number of carbonyl (C=O) groups is 1. The summed E-state index contributed by atoms with van der Waals surface area (Å²) in [5.74, 6) is 0.350. The number of aryl methyl sites for hydroxylation is 1. The second-order valence-corrected chi connectivity index (χ2v) is 8.65. The Morgan fingerprint density at radius 3 is 2.96 bits per heavy atom. The number of hydrogen-bond acceptors (Lipinski definition) is 6. The fourth-order valence-corrected chi connectivity index (χ4v) is 5.57. The van der Waals surface area contributed by atoms with Crippen molar-refractivity contribution in [1.29, 1.82) is 0 Å². The number of hydrogen-bond donors (Lipinski definition) is 0. The molecule has 1 aliphatic carbocycles. The molecule has 2 aromatic rings. The van der Waals surface area contributed by atoms with Gasteiger partial charge in [0.05, 0.1) is 12.5 Å². The van der Waals surface area contributed by atoms with Gasteiger partial charge in [-0.25, -0.2) is 4.98 Å². The number of thiophene rings is 1. The Bertz CT molecular complexity index is 840. The third-order valence-electron chi connectivity index (χ3n) is 4.51. The quantitative estimate of drug-likeness (QED) is 0.472. The summed E-state index contributed by atoms with van der Waals surface area (Å²) >= 11 is 2.93. The van der Waals surface area contributed by atoms with Gasteiger partial charge < -0.3 is 4.74 Å². The molecule has 5 nitrogen and oxygen atoms in total. The normalized spacial score (nSPS) is 18.4. The SMILES string of the molecule is CCn1c(S[C@H](C)C(=O)OC)nc2sc3c(c2c1=O)CC[C@@H](C)C3. The van der Waals surface area contributed by atoms with Gasteiger partial charge in [-0.2, -0.15) is 0 Å². The van der Waals surface area contributed by atoms with Crippen molar-refractivity contribution in [3.63, 3.8) is 0 Å². The van der Waals surface area contributed by atoms with E-state index in [1.54, 1.807) is 22.8 Å². The van der Waals surface area contributed by atoms with Crippen LogP contribution in [0.1, 0.15) is 37.6 Å². The summed E-state index contributed by atoms with van der Waals surface area (Å²) in [6.45, 7) is 6.50. The molecule has 0 N–H and O–H groups in total. The van der Waals surface area contributed by atoms with Crippen molar-refractivity contribution in [1.82, 2.24) is 9.55 Å². The summed E-state index contributed by atoms with van der Waals surface area (Å²) in [6, 6.07) is 0. The summed E-state index contributed by atoms with van der Waals surface area (Å²) in [5, 5.41) is 0.991. The van der Waals surface area contributed by atoms with Crippen LogP contribution in [-0.4, -0.2) is 27.9 Å². The lowest BCUT2D eigenvalue weighted by molar-refractivity contribution is -0.139. The summed E-state index contributed by atoms with van der Waals surface area (Å²) < 4.78 is 6.46. The summed E-state index contributed by atoms with van der Waals surface area (Å²) in [6.07, 6.45) is 3.12. The Balaban J connectivity index is 2.11. The fraction of sp³-hybridized carbons (Fsp3) is 0.588. The molecule has 0 amide bonds. The molecule has 2 aromatic heterocycles. The van der Waals surface area contributed by atoms with Gasteiger partial charge >= 0.3 is 5.97 Å². The van der Waals surface area contributed by atoms with Crippen LogP contribution in [-0.2, 0) is 28.9 Å². The zero-order valence-electron chi connectivity index (χ0n) is 14.4. The molecule has 0 saturated heterocycles. The van der Waals surface area contributed by atoms with Crippen molar-refractivity contribution in [3.05, 3.63) is 20.8 Å². The van der Waals surface area contributed by atoms with Gasteiger partial charge in [0.1, 0.15) is 10.1 Å². The van der Waals surface area contributed by atoms with Gasteiger partial charge in [-0.3, -0.25) is 14.2 Å². The molecule has 0 saturated carbocycles. The van der Waals surface area contributed by atoms with Gasteiger partial charge in [0.15, 0.2) is 5.16 Å². The van der Waals surface area contributed by atoms with Crippen molar-refractivity contribution >= 4 is 39.3 Å². The smallest absolute Gasteiger partial charge is 0.318 e. The van der Waals surface area contributed by atoms with Crippen LogP contribution in [0.15, 0.2) is 9.95 Å². The molecule has 0 unspecified atom stereocenters. The molecule has 7 heteroatoms. The minimum absolute atomic E-state index is 0.0223. The first-order valence-corrected chi connectivity index (χ1v) is 9.95. The van der Waals surface area contributed by atoms with E-state index in [4.69, 9.17) is 9.72 Å². The van der Waals surface area contributed by atoms with Gasteiger partial charge in [0.25, 0.3) is 5.56 Å². The first kappa shape index (κ1) is 17.5. The Morgan fingerprint density at radius 2 is 2.29 bits per heavy atom. The minimum Gasteiger partial charge on any atom is -0.468 e. The van der Waals surface area contributed by atoms with Crippen LogP contribution < -0.4 is 5.56 Å². The maximum absolute atomic E-state index is 13.0. The van der Waals surface area contributed by atoms with Crippen molar-refractivity contribution < 1.29 is 9.53 Å². The standard InChI is InChI=1S/C17H22N2O3S2/c1-5-19-15(20)13-11-7-6-9(2)8-12(11)24-14(13)18-17(19)23-10(3)16(21)22-4/h9-10H,5-8H2,1-4H3/t9-,10-/m1/s1. The van der Waals surface area contributed by atoms with E-state index in [1.165, 1.54) is 29.3 Å². The summed E-state index contributed by atoms with van der Waals surface area (Å²) in [4.78, 5) is 31.6. The number of ether oxygens (including phenoxy) is 1. The maximum atomic E-state index is 13.0. The van der Waals surface area contributed by atoms with Crippen molar-refractivity contribution in [2.45, 2.75) is 57.0 Å². The number of fused-ring (bicyclic) bond motifs is 3. The monoisotopic (exact) mass is 366 g/mol. The molecule has 0 aliphatic heterocycles. The second kappa shape index (κ2) is 6.88. The highest BCUT2D eigenvalue weighted by Crippen LogP contribution is 2.36. The van der Waals surface area contributed by atoms with Gasteiger partial charge in [-0.05, 0) is 44.6 Å². The molecule has 24 heavy (non-hydrogen) atoms. The number of thioether (sulfide) groups is 1. The van der Waals surface area contributed by atoms with E-state index in [2.05, 4.69) is 6.92 Å². The lowest BCUT2D eigenvalue weighted by Crippen LogP contribution is -2.25. The van der Waals surface area contributed by atoms with E-state index < -0.39 is 5.25 Å². The third kappa shape index (κ3) is 2.99. The highest BCUT2D eigenvalue weighted by molar-refractivity contribution is 8.00. The predicted octanol–water partition coefficient (Wildman–Crippen LogP) is 3.26. The summed E-state index contributed by atoms with van der Waals surface area (Å²) in [5.41, 5.74) is 1.22. The number of esters is 1. The third-order valence-corrected chi connectivity index (χ3v) is 6.73. The van der Waals surface area contributed by atoms with Crippen LogP contribution in [0.4, 0.5) is 0 Å². The van der Waals surface area contributed by atoms with E-state index in [9.17, 15) is 9.59 Å². The first-order chi connectivity index (χ1) is 11.5. The van der Waals surface area contributed by atoms with E-state index in [1.807, 2.05) is 6.92 Å². The summed E-state index contributed by atoms with van der Waals surface area (Å²) in [7, 11) is 1.37. The fourth-order valence-electron chi connectivity index (χ4n) is 3.15. The number of aromatic nitrogens is 2. The van der Waals surface area contributed by atoms with Crippen molar-refractivity contribution in [3.8, 4) is 0 Å². The molecule has 0 aromatic carbocycles. The topological polar surface area (TPSA) is 61.2 Å².